The number of carbonyl (C=O) groups is 1. The van der Waals surface area contributed by atoms with Gasteiger partial charge in [-0.25, -0.2) is 14.2 Å². The molecule has 28 heavy (non-hydrogen) atoms. The maximum atomic E-state index is 13.3. The van der Waals surface area contributed by atoms with Gasteiger partial charge in [-0.2, -0.15) is 5.10 Å². The number of amides is 1. The zero-order valence-electron chi connectivity index (χ0n) is 16.5. The van der Waals surface area contributed by atoms with Crippen molar-refractivity contribution in [1.82, 2.24) is 20.1 Å². The van der Waals surface area contributed by atoms with E-state index in [4.69, 9.17) is 16.3 Å². The van der Waals surface area contributed by atoms with Gasteiger partial charge < -0.3 is 9.64 Å². The van der Waals surface area contributed by atoms with E-state index in [1.807, 2.05) is 20.8 Å². The highest BCUT2D eigenvalue weighted by atomic mass is 35.5. The monoisotopic (exact) mass is 408 g/mol. The Morgan fingerprint density at radius 1 is 1.32 bits per heavy atom. The number of pyridine rings is 1. The first-order valence-corrected chi connectivity index (χ1v) is 9.91. The molecule has 1 fully saturated rings. The van der Waals surface area contributed by atoms with Gasteiger partial charge in [0, 0.05) is 24.7 Å². The number of piperidine rings is 1. The topological polar surface area (TPSA) is 71.1 Å². The maximum Gasteiger partial charge on any atom is 0.410 e. The molecule has 1 N–H and O–H groups in total. The number of aromatic amines is 1. The van der Waals surface area contributed by atoms with Gasteiger partial charge in [0.2, 0.25) is 0 Å². The van der Waals surface area contributed by atoms with Gasteiger partial charge in [-0.05, 0) is 64.2 Å². The molecule has 6 nitrogen and oxygen atoms in total. The summed E-state index contributed by atoms with van der Waals surface area (Å²) in [6.45, 7) is 6.93. The summed E-state index contributed by atoms with van der Waals surface area (Å²) in [5.74, 6) is -0.0791. The highest BCUT2D eigenvalue weighted by molar-refractivity contribution is 6.30. The molecule has 3 heterocycles. The lowest BCUT2D eigenvalue weighted by Crippen LogP contribution is -2.41. The Labute approximate surface area is 169 Å². The van der Waals surface area contributed by atoms with Gasteiger partial charge in [-0.1, -0.05) is 11.6 Å². The smallest absolute Gasteiger partial charge is 0.410 e. The van der Waals surface area contributed by atoms with E-state index in [2.05, 4.69) is 21.2 Å². The number of aromatic nitrogens is 3. The second-order valence-electron chi connectivity index (χ2n) is 8.16. The molecule has 0 spiro atoms. The second-order valence-corrected chi connectivity index (χ2v) is 8.52. The van der Waals surface area contributed by atoms with Gasteiger partial charge in [-0.15, -0.1) is 0 Å². The number of carbonyl (C=O) groups excluding carboxylic acids is 1. The zero-order chi connectivity index (χ0) is 20.3. The lowest BCUT2D eigenvalue weighted by atomic mass is 9.93. The van der Waals surface area contributed by atoms with E-state index in [1.165, 1.54) is 6.07 Å². The summed E-state index contributed by atoms with van der Waals surface area (Å²) < 4.78 is 18.8. The first kappa shape index (κ1) is 20.6. The fourth-order valence-corrected chi connectivity index (χ4v) is 3.51. The van der Waals surface area contributed by atoms with Crippen LogP contribution in [0.15, 0.2) is 18.3 Å². The molecule has 1 aliphatic heterocycles. The summed E-state index contributed by atoms with van der Waals surface area (Å²) in [4.78, 5) is 17.8. The number of rotatable bonds is 4. The van der Waals surface area contributed by atoms with Crippen molar-refractivity contribution in [3.8, 4) is 0 Å². The van der Waals surface area contributed by atoms with Gasteiger partial charge in [-0.3, -0.25) is 5.10 Å². The van der Waals surface area contributed by atoms with Crippen LogP contribution in [0.4, 0.5) is 9.18 Å². The van der Waals surface area contributed by atoms with Crippen molar-refractivity contribution < 1.29 is 13.9 Å². The number of halogens is 2. The van der Waals surface area contributed by atoms with E-state index in [-0.39, 0.29) is 11.9 Å². The van der Waals surface area contributed by atoms with E-state index in [0.717, 1.165) is 30.4 Å². The third-order valence-corrected chi connectivity index (χ3v) is 5.10. The number of nitrogens with zero attached hydrogens (tertiary/aromatic N) is 3. The molecule has 1 saturated heterocycles. The highest BCUT2D eigenvalue weighted by Gasteiger charge is 2.28. The fraction of sp³-hybridized carbons (Fsp3) is 0.550. The van der Waals surface area contributed by atoms with Crippen molar-refractivity contribution >= 4 is 17.7 Å². The number of hydrogen-bond acceptors (Lipinski definition) is 4. The predicted octanol–water partition coefficient (Wildman–Crippen LogP) is 4.50. The highest BCUT2D eigenvalue weighted by Crippen LogP contribution is 2.28. The van der Waals surface area contributed by atoms with Crippen LogP contribution >= 0.6 is 11.6 Å². The molecule has 2 aromatic heterocycles. The first-order valence-electron chi connectivity index (χ1n) is 9.53. The van der Waals surface area contributed by atoms with Crippen molar-refractivity contribution in [2.75, 3.05) is 13.1 Å². The van der Waals surface area contributed by atoms with Crippen molar-refractivity contribution in [3.05, 3.63) is 46.3 Å². The Morgan fingerprint density at radius 3 is 2.71 bits per heavy atom. The van der Waals surface area contributed by atoms with Crippen LogP contribution in [0.3, 0.4) is 0 Å². The number of aryl methyl sites for hydroxylation is 2. The third-order valence-electron chi connectivity index (χ3n) is 4.76. The predicted molar refractivity (Wildman–Crippen MR) is 105 cm³/mol. The summed E-state index contributed by atoms with van der Waals surface area (Å²) in [5.41, 5.74) is 2.18. The Bertz CT molecular complexity index is 826. The van der Waals surface area contributed by atoms with Crippen LogP contribution in [0, 0.1) is 5.82 Å². The molecule has 152 valence electrons. The van der Waals surface area contributed by atoms with Crippen LogP contribution in [0.25, 0.3) is 0 Å². The number of nitrogens with one attached hydrogen (secondary N) is 1. The molecule has 0 unspecified atom stereocenters. The van der Waals surface area contributed by atoms with Crippen molar-refractivity contribution in [2.24, 2.45) is 0 Å². The van der Waals surface area contributed by atoms with Gasteiger partial charge in [0.25, 0.3) is 0 Å². The van der Waals surface area contributed by atoms with Gasteiger partial charge in [0.1, 0.15) is 16.6 Å². The summed E-state index contributed by atoms with van der Waals surface area (Å²) in [6.07, 6.45) is 3.82. The lowest BCUT2D eigenvalue weighted by Gasteiger charge is -2.32. The third kappa shape index (κ3) is 5.44. The van der Waals surface area contributed by atoms with Crippen LogP contribution < -0.4 is 0 Å². The molecule has 0 radical (unpaired) electrons. The number of likely N-dealkylation sites (tertiary alicyclic amines) is 1. The van der Waals surface area contributed by atoms with Crippen LogP contribution in [0.1, 0.15) is 56.5 Å². The molecule has 0 aliphatic carbocycles. The normalized spacial score (nSPS) is 15.7. The van der Waals surface area contributed by atoms with Crippen LogP contribution in [0.2, 0.25) is 5.15 Å². The minimum absolute atomic E-state index is 0.255. The molecule has 3 rings (SSSR count). The Balaban J connectivity index is 1.52. The quantitative estimate of drug-likeness (QED) is 0.756. The van der Waals surface area contributed by atoms with E-state index in [0.29, 0.717) is 42.6 Å². The van der Waals surface area contributed by atoms with Gasteiger partial charge in [0.05, 0.1) is 11.9 Å². The van der Waals surface area contributed by atoms with E-state index in [1.54, 1.807) is 4.90 Å². The molecular formula is C20H26ClFN4O2. The first-order chi connectivity index (χ1) is 13.2. The van der Waals surface area contributed by atoms with Crippen LogP contribution in [0.5, 0.6) is 0 Å². The lowest BCUT2D eigenvalue weighted by molar-refractivity contribution is 0.0204. The molecule has 0 aromatic carbocycles. The molecule has 0 saturated carbocycles. The molecule has 0 bridgehead atoms. The standard InChI is InChI=1S/C20H26ClFN4O2/c1-20(2,3)28-19(27)26-8-6-13(7-9-26)17-11-16(24-25-17)5-4-14-10-15(22)12-23-18(14)21/h10-13H,4-9H2,1-3H3,(H,24,25). The molecule has 1 aliphatic rings. The Morgan fingerprint density at radius 2 is 2.04 bits per heavy atom. The Hall–Kier alpha value is -2.15. The summed E-state index contributed by atoms with van der Waals surface area (Å²) in [6, 6.07) is 3.47. The summed E-state index contributed by atoms with van der Waals surface area (Å²) >= 11 is 6.02. The largest absolute Gasteiger partial charge is 0.444 e. The zero-order valence-corrected chi connectivity index (χ0v) is 17.2. The van der Waals surface area contributed by atoms with E-state index < -0.39 is 5.60 Å². The average Bonchev–Trinajstić information content (AvgIpc) is 3.10. The number of H-pyrrole nitrogens is 1. The second kappa shape index (κ2) is 8.47. The summed E-state index contributed by atoms with van der Waals surface area (Å²) in [7, 11) is 0. The molecule has 1 amide bonds. The summed E-state index contributed by atoms with van der Waals surface area (Å²) in [5, 5.41) is 7.83. The fourth-order valence-electron chi connectivity index (χ4n) is 3.31. The number of ether oxygens (including phenoxy) is 1. The maximum absolute atomic E-state index is 13.3. The molecule has 2 aromatic rings. The number of hydrogen-bond donors (Lipinski definition) is 1. The van der Waals surface area contributed by atoms with Crippen LogP contribution in [-0.2, 0) is 17.6 Å². The van der Waals surface area contributed by atoms with Crippen LogP contribution in [-0.4, -0.2) is 44.9 Å². The SMILES string of the molecule is CC(C)(C)OC(=O)N1CCC(c2cc(CCc3cc(F)cnc3Cl)[nH]n2)CC1. The minimum Gasteiger partial charge on any atom is -0.444 e. The molecule has 8 heteroatoms. The van der Waals surface area contributed by atoms with E-state index in [9.17, 15) is 9.18 Å². The van der Waals surface area contributed by atoms with Gasteiger partial charge >= 0.3 is 6.09 Å². The molecule has 0 atom stereocenters. The van der Waals surface area contributed by atoms with Crippen molar-refractivity contribution in [2.45, 2.75) is 58.0 Å². The van der Waals surface area contributed by atoms with Crippen molar-refractivity contribution in [1.29, 1.82) is 0 Å². The Kier molecular flexibility index (Phi) is 6.23. The van der Waals surface area contributed by atoms with Crippen molar-refractivity contribution in [3.63, 3.8) is 0 Å². The van der Waals surface area contributed by atoms with E-state index >= 15 is 0 Å². The minimum atomic E-state index is -0.481. The molecular weight excluding hydrogens is 383 g/mol. The van der Waals surface area contributed by atoms with Gasteiger partial charge in [0.15, 0.2) is 0 Å². The average molecular weight is 409 g/mol.